The van der Waals surface area contributed by atoms with Crippen molar-refractivity contribution < 1.29 is 4.39 Å². The lowest BCUT2D eigenvalue weighted by Crippen LogP contribution is -2.22. The van der Waals surface area contributed by atoms with Gasteiger partial charge in [0.05, 0.1) is 17.8 Å². The quantitative estimate of drug-likeness (QED) is 0.868. The molecule has 0 aliphatic heterocycles. The van der Waals surface area contributed by atoms with Gasteiger partial charge in [-0.05, 0) is 29.8 Å². The molecule has 0 atom stereocenters. The molecule has 4 nitrogen and oxygen atoms in total. The van der Waals surface area contributed by atoms with Gasteiger partial charge in [0.25, 0.3) is 5.56 Å². The van der Waals surface area contributed by atoms with Crippen LogP contribution in [-0.4, -0.2) is 4.57 Å². The third kappa shape index (κ3) is 2.23. The molecule has 2 rings (SSSR count). The van der Waals surface area contributed by atoms with Gasteiger partial charge in [-0.15, -0.1) is 0 Å². The van der Waals surface area contributed by atoms with E-state index >= 15 is 0 Å². The fraction of sp³-hybridized carbons (Fsp3) is 0.0769. The van der Waals surface area contributed by atoms with Gasteiger partial charge in [-0.1, -0.05) is 6.07 Å². The number of nitriles is 1. The fourth-order valence-corrected chi connectivity index (χ4v) is 1.63. The van der Waals surface area contributed by atoms with E-state index in [0.717, 1.165) is 0 Å². The third-order valence-corrected chi connectivity index (χ3v) is 2.55. The number of anilines is 1. The molecule has 1 heterocycles. The number of hydrogen-bond acceptors (Lipinski definition) is 3. The largest absolute Gasteiger partial charge is 0.394 e. The minimum Gasteiger partial charge on any atom is -0.394 e. The summed E-state index contributed by atoms with van der Waals surface area (Å²) >= 11 is 0. The van der Waals surface area contributed by atoms with Gasteiger partial charge >= 0.3 is 0 Å². The van der Waals surface area contributed by atoms with Crippen LogP contribution >= 0.6 is 0 Å². The molecule has 2 aromatic rings. The van der Waals surface area contributed by atoms with Crippen molar-refractivity contribution in [1.82, 2.24) is 4.57 Å². The van der Waals surface area contributed by atoms with Crippen molar-refractivity contribution in [2.75, 3.05) is 5.73 Å². The summed E-state index contributed by atoms with van der Waals surface area (Å²) in [5.74, 6) is -0.568. The Morgan fingerprint density at radius 1 is 1.39 bits per heavy atom. The number of rotatable bonds is 2. The van der Waals surface area contributed by atoms with Crippen LogP contribution in [0, 0.1) is 17.1 Å². The number of nitrogens with two attached hydrogens (primary N) is 1. The first-order valence-electron chi connectivity index (χ1n) is 5.25. The van der Waals surface area contributed by atoms with Crippen LogP contribution in [0.4, 0.5) is 10.1 Å². The first-order chi connectivity index (χ1) is 8.61. The maximum Gasteiger partial charge on any atom is 0.273 e. The average molecular weight is 243 g/mol. The molecule has 0 aliphatic carbocycles. The second-order valence-electron chi connectivity index (χ2n) is 3.82. The van der Waals surface area contributed by atoms with Crippen LogP contribution in [0.15, 0.2) is 41.3 Å². The third-order valence-electron chi connectivity index (χ3n) is 2.55. The molecular weight excluding hydrogens is 233 g/mol. The van der Waals surface area contributed by atoms with E-state index < -0.39 is 5.82 Å². The molecule has 0 bridgehead atoms. The Labute approximate surface area is 103 Å². The topological polar surface area (TPSA) is 71.8 Å². The molecule has 0 unspecified atom stereocenters. The van der Waals surface area contributed by atoms with Crippen molar-refractivity contribution in [3.05, 3.63) is 63.8 Å². The number of halogens is 1. The van der Waals surface area contributed by atoms with E-state index in [9.17, 15) is 9.18 Å². The van der Waals surface area contributed by atoms with Gasteiger partial charge in [-0.2, -0.15) is 5.26 Å². The Hall–Kier alpha value is -2.61. The highest BCUT2D eigenvalue weighted by atomic mass is 19.1. The lowest BCUT2D eigenvalue weighted by atomic mass is 10.1. The Bertz CT molecular complexity index is 685. The highest BCUT2D eigenvalue weighted by Crippen LogP contribution is 2.10. The molecule has 1 aromatic heterocycles. The Balaban J connectivity index is 2.38. The number of pyridine rings is 1. The van der Waals surface area contributed by atoms with Crippen molar-refractivity contribution in [3.8, 4) is 6.07 Å². The first-order valence-corrected chi connectivity index (χ1v) is 5.25. The van der Waals surface area contributed by atoms with Crippen molar-refractivity contribution in [1.29, 1.82) is 5.26 Å². The highest BCUT2D eigenvalue weighted by Gasteiger charge is 2.05. The molecule has 18 heavy (non-hydrogen) atoms. The summed E-state index contributed by atoms with van der Waals surface area (Å²) in [6, 6.07) is 9.11. The van der Waals surface area contributed by atoms with E-state index in [2.05, 4.69) is 0 Å². The van der Waals surface area contributed by atoms with Crippen LogP contribution in [0.2, 0.25) is 0 Å². The van der Waals surface area contributed by atoms with Gasteiger partial charge < -0.3 is 10.3 Å². The van der Waals surface area contributed by atoms with Gasteiger partial charge in [-0.25, -0.2) is 4.39 Å². The Morgan fingerprint density at radius 3 is 2.89 bits per heavy atom. The van der Waals surface area contributed by atoms with Crippen LogP contribution in [0.5, 0.6) is 0 Å². The van der Waals surface area contributed by atoms with Gasteiger partial charge in [0.1, 0.15) is 11.9 Å². The average Bonchev–Trinajstić information content (AvgIpc) is 2.37. The molecule has 90 valence electrons. The fourth-order valence-electron chi connectivity index (χ4n) is 1.63. The normalized spacial score (nSPS) is 10.0. The predicted molar refractivity (Wildman–Crippen MR) is 65.3 cm³/mol. The van der Waals surface area contributed by atoms with Crippen LogP contribution in [0.25, 0.3) is 0 Å². The maximum atomic E-state index is 13.1. The summed E-state index contributed by atoms with van der Waals surface area (Å²) in [6.45, 7) is 0.249. The first kappa shape index (κ1) is 11.9. The smallest absolute Gasteiger partial charge is 0.273 e. The molecule has 0 fully saturated rings. The van der Waals surface area contributed by atoms with Crippen molar-refractivity contribution in [2.24, 2.45) is 0 Å². The van der Waals surface area contributed by atoms with E-state index in [-0.39, 0.29) is 23.4 Å². The van der Waals surface area contributed by atoms with E-state index in [1.165, 1.54) is 28.8 Å². The second-order valence-corrected chi connectivity index (χ2v) is 3.82. The lowest BCUT2D eigenvalue weighted by molar-refractivity contribution is 0.622. The van der Waals surface area contributed by atoms with Gasteiger partial charge in [0.2, 0.25) is 0 Å². The van der Waals surface area contributed by atoms with Crippen LogP contribution < -0.4 is 11.3 Å². The van der Waals surface area contributed by atoms with E-state index in [1.54, 1.807) is 18.3 Å². The molecule has 2 N–H and O–H groups in total. The minimum absolute atomic E-state index is 0.0375. The second kappa shape index (κ2) is 4.72. The SMILES string of the molecule is N#Cc1cc(Cn2cccc(N)c2=O)ccc1F. The zero-order valence-corrected chi connectivity index (χ0v) is 9.43. The van der Waals surface area contributed by atoms with Gasteiger partial charge in [-0.3, -0.25) is 4.79 Å². The summed E-state index contributed by atoms with van der Waals surface area (Å²) in [6.07, 6.45) is 1.59. The number of nitrogens with zero attached hydrogens (tertiary/aromatic N) is 2. The standard InChI is InChI=1S/C13H10FN3O/c14-11-4-3-9(6-10(11)7-15)8-17-5-1-2-12(16)13(17)18/h1-6H,8,16H2. The number of nitrogen functional groups attached to an aromatic ring is 1. The van der Waals surface area contributed by atoms with E-state index in [1.807, 2.05) is 0 Å². The Morgan fingerprint density at radius 2 is 2.17 bits per heavy atom. The molecule has 0 saturated carbocycles. The summed E-state index contributed by atoms with van der Waals surface area (Å²) in [7, 11) is 0. The zero-order valence-electron chi connectivity index (χ0n) is 9.43. The van der Waals surface area contributed by atoms with Crippen molar-refractivity contribution in [2.45, 2.75) is 6.54 Å². The number of hydrogen-bond donors (Lipinski definition) is 1. The van der Waals surface area contributed by atoms with Gasteiger partial charge in [0, 0.05) is 6.20 Å². The predicted octanol–water partition coefficient (Wildman–Crippen LogP) is 1.49. The monoisotopic (exact) mass is 243 g/mol. The molecule has 0 saturated heterocycles. The molecular formula is C13H10FN3O. The molecule has 1 aromatic carbocycles. The van der Waals surface area contributed by atoms with Crippen molar-refractivity contribution >= 4 is 5.69 Å². The zero-order chi connectivity index (χ0) is 13.1. The molecule has 0 aliphatic rings. The summed E-state index contributed by atoms with van der Waals surface area (Å²) in [4.78, 5) is 11.7. The van der Waals surface area contributed by atoms with E-state index in [0.29, 0.717) is 5.56 Å². The van der Waals surface area contributed by atoms with E-state index in [4.69, 9.17) is 11.0 Å². The van der Waals surface area contributed by atoms with Gasteiger partial charge in [0.15, 0.2) is 0 Å². The molecule has 0 radical (unpaired) electrons. The van der Waals surface area contributed by atoms with Crippen LogP contribution in [0.1, 0.15) is 11.1 Å². The molecule has 0 spiro atoms. The summed E-state index contributed by atoms with van der Waals surface area (Å²) in [5.41, 5.74) is 5.99. The number of aromatic nitrogens is 1. The maximum absolute atomic E-state index is 13.1. The Kier molecular flexibility index (Phi) is 3.11. The highest BCUT2D eigenvalue weighted by molar-refractivity contribution is 5.36. The summed E-state index contributed by atoms with van der Waals surface area (Å²) < 4.78 is 14.5. The number of benzene rings is 1. The van der Waals surface area contributed by atoms with Crippen molar-refractivity contribution in [3.63, 3.8) is 0 Å². The summed E-state index contributed by atoms with van der Waals surface area (Å²) in [5, 5.41) is 8.73. The molecule has 0 amide bonds. The lowest BCUT2D eigenvalue weighted by Gasteiger charge is -2.07. The minimum atomic E-state index is -0.568. The van der Waals surface area contributed by atoms with Crippen LogP contribution in [0.3, 0.4) is 0 Å². The molecule has 5 heteroatoms. The van der Waals surface area contributed by atoms with Crippen LogP contribution in [-0.2, 0) is 6.54 Å².